The Morgan fingerprint density at radius 1 is 0.967 bits per heavy atom. The van der Waals surface area contributed by atoms with Gasteiger partial charge in [-0.1, -0.05) is 54.1 Å². The van der Waals surface area contributed by atoms with Crippen LogP contribution in [0.1, 0.15) is 15.9 Å². The molecule has 3 rings (SSSR count). The molecule has 7 heteroatoms. The molecule has 0 aliphatic heterocycles. The number of methoxy groups -OCH3 is 1. The summed E-state index contributed by atoms with van der Waals surface area (Å²) in [5.74, 6) is -0.790. The summed E-state index contributed by atoms with van der Waals surface area (Å²) in [4.78, 5) is 23.4. The number of carboxylic acids is 1. The molecule has 0 saturated heterocycles. The van der Waals surface area contributed by atoms with Crippen molar-refractivity contribution in [3.63, 3.8) is 0 Å². The molecule has 6 nitrogen and oxygen atoms in total. The number of halogens is 1. The molecular weight excluding hydrogens is 406 g/mol. The molecule has 0 unspecified atom stereocenters. The smallest absolute Gasteiger partial charge is 0.339 e. The highest BCUT2D eigenvalue weighted by atomic mass is 35.5. The summed E-state index contributed by atoms with van der Waals surface area (Å²) in [6, 6.07) is 19.9. The molecule has 0 fully saturated rings. The van der Waals surface area contributed by atoms with Gasteiger partial charge >= 0.3 is 5.97 Å². The van der Waals surface area contributed by atoms with Crippen LogP contribution in [0.4, 0.5) is 0 Å². The van der Waals surface area contributed by atoms with E-state index in [1.54, 1.807) is 24.3 Å². The monoisotopic (exact) mass is 425 g/mol. The SMILES string of the molecule is COc1ccc(CNC(=O)COc2ccc(-c3ccccc3)cc2Cl)cc1C(=O)O. The molecule has 0 spiro atoms. The molecule has 0 aromatic heterocycles. The van der Waals surface area contributed by atoms with Crippen LogP contribution in [0.3, 0.4) is 0 Å². The molecule has 1 amide bonds. The first-order chi connectivity index (χ1) is 14.5. The van der Waals surface area contributed by atoms with E-state index in [4.69, 9.17) is 21.1 Å². The van der Waals surface area contributed by atoms with E-state index in [9.17, 15) is 14.7 Å². The van der Waals surface area contributed by atoms with E-state index in [2.05, 4.69) is 5.32 Å². The van der Waals surface area contributed by atoms with Crippen molar-refractivity contribution in [1.29, 1.82) is 0 Å². The molecule has 2 N–H and O–H groups in total. The molecule has 0 bridgehead atoms. The summed E-state index contributed by atoms with van der Waals surface area (Å²) in [6.45, 7) is -0.0561. The Labute approximate surface area is 179 Å². The van der Waals surface area contributed by atoms with Gasteiger partial charge in [-0.3, -0.25) is 4.79 Å². The van der Waals surface area contributed by atoms with Crippen molar-refractivity contribution >= 4 is 23.5 Å². The van der Waals surface area contributed by atoms with Crippen LogP contribution in [0, 0.1) is 0 Å². The number of carboxylic acid groups (broad SMARTS) is 1. The van der Waals surface area contributed by atoms with E-state index in [0.717, 1.165) is 11.1 Å². The summed E-state index contributed by atoms with van der Waals surface area (Å²) in [5, 5.41) is 12.3. The standard InChI is InChI=1S/C23H20ClNO5/c1-29-20-9-7-15(11-18(20)23(27)28)13-25-22(26)14-30-21-10-8-17(12-19(21)24)16-5-3-2-4-6-16/h2-12H,13-14H2,1H3,(H,25,26)(H,27,28). The number of nitrogens with one attached hydrogen (secondary N) is 1. The van der Waals surface area contributed by atoms with E-state index in [0.29, 0.717) is 16.3 Å². The lowest BCUT2D eigenvalue weighted by molar-refractivity contribution is -0.123. The first-order valence-corrected chi connectivity index (χ1v) is 9.50. The highest BCUT2D eigenvalue weighted by molar-refractivity contribution is 6.32. The fourth-order valence-corrected chi connectivity index (χ4v) is 3.09. The van der Waals surface area contributed by atoms with Crippen molar-refractivity contribution < 1.29 is 24.2 Å². The Kier molecular flexibility index (Phi) is 6.93. The van der Waals surface area contributed by atoms with Crippen molar-refractivity contribution in [1.82, 2.24) is 5.32 Å². The van der Waals surface area contributed by atoms with Crippen LogP contribution < -0.4 is 14.8 Å². The van der Waals surface area contributed by atoms with Gasteiger partial charge in [-0.25, -0.2) is 4.79 Å². The van der Waals surface area contributed by atoms with Gasteiger partial charge in [-0.2, -0.15) is 0 Å². The minimum Gasteiger partial charge on any atom is -0.496 e. The van der Waals surface area contributed by atoms with E-state index >= 15 is 0 Å². The van der Waals surface area contributed by atoms with Crippen molar-refractivity contribution in [3.05, 3.63) is 82.9 Å². The number of hydrogen-bond donors (Lipinski definition) is 2. The summed E-state index contributed by atoms with van der Waals surface area (Å²) < 4.78 is 10.5. The molecule has 0 atom stereocenters. The summed E-state index contributed by atoms with van der Waals surface area (Å²) >= 11 is 6.29. The second-order valence-corrected chi connectivity index (χ2v) is 6.82. The molecule has 0 aliphatic rings. The van der Waals surface area contributed by atoms with Crippen molar-refractivity contribution in [2.75, 3.05) is 13.7 Å². The number of aromatic carboxylic acids is 1. The highest BCUT2D eigenvalue weighted by Gasteiger charge is 2.12. The average Bonchev–Trinajstić information content (AvgIpc) is 2.77. The van der Waals surface area contributed by atoms with Gasteiger partial charge in [0.25, 0.3) is 5.91 Å². The zero-order valence-corrected chi connectivity index (χ0v) is 17.0. The Bertz CT molecular complexity index is 1050. The maximum atomic E-state index is 12.1. The van der Waals surface area contributed by atoms with Crippen LogP contribution in [-0.2, 0) is 11.3 Å². The summed E-state index contributed by atoms with van der Waals surface area (Å²) in [7, 11) is 1.40. The Balaban J connectivity index is 1.56. The maximum absolute atomic E-state index is 12.1. The molecule has 3 aromatic rings. The minimum atomic E-state index is -1.10. The molecular formula is C23H20ClNO5. The molecule has 154 valence electrons. The molecule has 0 aliphatic carbocycles. The number of hydrogen-bond acceptors (Lipinski definition) is 4. The third kappa shape index (κ3) is 5.30. The Hall–Kier alpha value is -3.51. The van der Waals surface area contributed by atoms with Crippen LogP contribution in [0.15, 0.2) is 66.7 Å². The summed E-state index contributed by atoms with van der Waals surface area (Å²) in [6.07, 6.45) is 0. The van der Waals surface area contributed by atoms with Gasteiger partial charge < -0.3 is 19.9 Å². The van der Waals surface area contributed by atoms with Gasteiger partial charge in [0.1, 0.15) is 17.1 Å². The lowest BCUT2D eigenvalue weighted by atomic mass is 10.1. The number of amides is 1. The maximum Gasteiger partial charge on any atom is 0.339 e. The Morgan fingerprint density at radius 3 is 2.37 bits per heavy atom. The number of ether oxygens (including phenoxy) is 2. The zero-order chi connectivity index (χ0) is 21.5. The number of benzene rings is 3. The summed E-state index contributed by atoms with van der Waals surface area (Å²) in [5.41, 5.74) is 2.65. The Morgan fingerprint density at radius 2 is 1.70 bits per heavy atom. The molecule has 0 radical (unpaired) electrons. The number of carbonyl (C=O) groups is 2. The third-order valence-corrected chi connectivity index (χ3v) is 4.68. The number of rotatable bonds is 8. The van der Waals surface area contributed by atoms with Gasteiger partial charge in [0.05, 0.1) is 12.1 Å². The van der Waals surface area contributed by atoms with Gasteiger partial charge in [-0.15, -0.1) is 0 Å². The predicted molar refractivity (Wildman–Crippen MR) is 114 cm³/mol. The van der Waals surface area contributed by atoms with Crippen LogP contribution in [0.2, 0.25) is 5.02 Å². The quantitative estimate of drug-likeness (QED) is 0.558. The fraction of sp³-hybridized carbons (Fsp3) is 0.130. The minimum absolute atomic E-state index is 0.0331. The van der Waals surface area contributed by atoms with Gasteiger partial charge in [-0.05, 0) is 41.0 Å². The average molecular weight is 426 g/mol. The molecule has 30 heavy (non-hydrogen) atoms. The van der Waals surface area contributed by atoms with E-state index in [-0.39, 0.29) is 30.4 Å². The van der Waals surface area contributed by atoms with Crippen LogP contribution in [0.5, 0.6) is 11.5 Å². The fourth-order valence-electron chi connectivity index (χ4n) is 2.86. The second-order valence-electron chi connectivity index (χ2n) is 6.42. The first kappa shape index (κ1) is 21.2. The molecule has 3 aromatic carbocycles. The van der Waals surface area contributed by atoms with E-state index in [1.807, 2.05) is 36.4 Å². The van der Waals surface area contributed by atoms with Crippen LogP contribution >= 0.6 is 11.6 Å². The lowest BCUT2D eigenvalue weighted by Gasteiger charge is -2.11. The normalized spacial score (nSPS) is 10.3. The highest BCUT2D eigenvalue weighted by Crippen LogP contribution is 2.30. The lowest BCUT2D eigenvalue weighted by Crippen LogP contribution is -2.28. The molecule has 0 heterocycles. The zero-order valence-electron chi connectivity index (χ0n) is 16.2. The van der Waals surface area contributed by atoms with Gasteiger partial charge in [0.15, 0.2) is 6.61 Å². The number of carbonyl (C=O) groups excluding carboxylic acids is 1. The topological polar surface area (TPSA) is 84.9 Å². The van der Waals surface area contributed by atoms with Crippen molar-refractivity contribution in [2.24, 2.45) is 0 Å². The third-order valence-electron chi connectivity index (χ3n) is 4.38. The van der Waals surface area contributed by atoms with Crippen molar-refractivity contribution in [2.45, 2.75) is 6.54 Å². The van der Waals surface area contributed by atoms with Gasteiger partial charge in [0.2, 0.25) is 0 Å². The molecule has 0 saturated carbocycles. The largest absolute Gasteiger partial charge is 0.496 e. The van der Waals surface area contributed by atoms with E-state index in [1.165, 1.54) is 13.2 Å². The van der Waals surface area contributed by atoms with Gasteiger partial charge in [0, 0.05) is 6.54 Å². The first-order valence-electron chi connectivity index (χ1n) is 9.12. The van der Waals surface area contributed by atoms with Crippen LogP contribution in [-0.4, -0.2) is 30.7 Å². The van der Waals surface area contributed by atoms with E-state index < -0.39 is 5.97 Å². The van der Waals surface area contributed by atoms with Crippen LogP contribution in [0.25, 0.3) is 11.1 Å². The van der Waals surface area contributed by atoms with Crippen molar-refractivity contribution in [3.8, 4) is 22.6 Å². The second kappa shape index (κ2) is 9.80. The predicted octanol–water partition coefficient (Wildman–Crippen LogP) is 4.41.